The number of carboxylic acid groups (broad SMARTS) is 1. The van der Waals surface area contributed by atoms with Crippen LogP contribution in [0.4, 0.5) is 0 Å². The van der Waals surface area contributed by atoms with Gasteiger partial charge in [-0.1, -0.05) is 31.0 Å². The molecule has 0 atom stereocenters. The Bertz CT molecular complexity index is 566. The van der Waals surface area contributed by atoms with E-state index < -0.39 is 5.97 Å². The third kappa shape index (κ3) is 5.69. The lowest BCUT2D eigenvalue weighted by Gasteiger charge is -2.03. The Morgan fingerprint density at radius 3 is 2.68 bits per heavy atom. The number of hydrogen-bond acceptors (Lipinski definition) is 3. The van der Waals surface area contributed by atoms with E-state index in [0.29, 0.717) is 0 Å². The summed E-state index contributed by atoms with van der Waals surface area (Å²) in [5, 5.41) is 16.3. The Morgan fingerprint density at radius 2 is 1.91 bits per heavy atom. The van der Waals surface area contributed by atoms with Gasteiger partial charge in [0.05, 0.1) is 11.9 Å². The summed E-state index contributed by atoms with van der Waals surface area (Å²) in [6.45, 7) is 1.76. The van der Waals surface area contributed by atoms with Crippen LogP contribution in [-0.2, 0) is 11.3 Å². The summed E-state index contributed by atoms with van der Waals surface area (Å²) in [5.41, 5.74) is 2.22. The number of aliphatic carboxylic acids is 1. The van der Waals surface area contributed by atoms with Gasteiger partial charge in [-0.25, -0.2) is 4.68 Å². The van der Waals surface area contributed by atoms with Gasteiger partial charge in [0.1, 0.15) is 0 Å². The van der Waals surface area contributed by atoms with Crippen LogP contribution in [0.15, 0.2) is 42.7 Å². The zero-order chi connectivity index (χ0) is 15.6. The molecule has 0 spiro atoms. The highest BCUT2D eigenvalue weighted by Crippen LogP contribution is 2.07. The summed E-state index contributed by atoms with van der Waals surface area (Å²) >= 11 is 0. The molecule has 1 heterocycles. The Labute approximate surface area is 131 Å². The van der Waals surface area contributed by atoms with Crippen LogP contribution in [0.1, 0.15) is 37.7 Å². The van der Waals surface area contributed by atoms with Crippen molar-refractivity contribution < 1.29 is 9.90 Å². The van der Waals surface area contributed by atoms with Crippen LogP contribution in [0.25, 0.3) is 5.69 Å². The third-order valence-corrected chi connectivity index (χ3v) is 3.48. The first-order chi connectivity index (χ1) is 10.8. The van der Waals surface area contributed by atoms with Crippen LogP contribution in [0.3, 0.4) is 0 Å². The number of aromatic nitrogens is 2. The van der Waals surface area contributed by atoms with E-state index in [4.69, 9.17) is 5.11 Å². The van der Waals surface area contributed by atoms with E-state index in [1.807, 2.05) is 47.4 Å². The smallest absolute Gasteiger partial charge is 0.303 e. The summed E-state index contributed by atoms with van der Waals surface area (Å²) < 4.78 is 1.88. The fraction of sp³-hybridized carbons (Fsp3) is 0.412. The molecule has 0 aliphatic carbocycles. The summed E-state index contributed by atoms with van der Waals surface area (Å²) in [6, 6.07) is 10.0. The molecule has 5 heteroatoms. The van der Waals surface area contributed by atoms with Gasteiger partial charge in [-0.15, -0.1) is 0 Å². The van der Waals surface area contributed by atoms with Gasteiger partial charge in [0.15, 0.2) is 0 Å². The van der Waals surface area contributed by atoms with Crippen molar-refractivity contribution in [3.05, 3.63) is 48.3 Å². The minimum Gasteiger partial charge on any atom is -0.481 e. The third-order valence-electron chi connectivity index (χ3n) is 3.48. The van der Waals surface area contributed by atoms with Crippen molar-refractivity contribution in [2.45, 2.75) is 38.6 Å². The molecule has 0 aliphatic heterocycles. The van der Waals surface area contributed by atoms with E-state index in [1.165, 1.54) is 0 Å². The van der Waals surface area contributed by atoms with Gasteiger partial charge in [-0.3, -0.25) is 4.79 Å². The Kier molecular flexibility index (Phi) is 6.64. The zero-order valence-electron chi connectivity index (χ0n) is 12.7. The van der Waals surface area contributed by atoms with E-state index in [-0.39, 0.29) is 6.42 Å². The zero-order valence-corrected chi connectivity index (χ0v) is 12.7. The molecule has 0 saturated heterocycles. The molecule has 0 fully saturated rings. The molecule has 5 nitrogen and oxygen atoms in total. The molecular formula is C17H23N3O2. The lowest BCUT2D eigenvalue weighted by atomic mass is 10.1. The monoisotopic (exact) mass is 301 g/mol. The van der Waals surface area contributed by atoms with Gasteiger partial charge < -0.3 is 10.4 Å². The quantitative estimate of drug-likeness (QED) is 0.662. The SMILES string of the molecule is O=C(O)CCCCCCNCc1cnn(-c2ccccc2)c1. The maximum atomic E-state index is 10.4. The van der Waals surface area contributed by atoms with Crippen LogP contribution in [0.5, 0.6) is 0 Å². The largest absolute Gasteiger partial charge is 0.481 e. The van der Waals surface area contributed by atoms with Crippen molar-refractivity contribution in [3.63, 3.8) is 0 Å². The van der Waals surface area contributed by atoms with Gasteiger partial charge in [0.2, 0.25) is 0 Å². The van der Waals surface area contributed by atoms with Gasteiger partial charge in [-0.05, 0) is 31.5 Å². The number of carboxylic acids is 1. The molecule has 2 rings (SSSR count). The van der Waals surface area contributed by atoms with Crippen LogP contribution in [0, 0.1) is 0 Å². The van der Waals surface area contributed by atoms with E-state index in [9.17, 15) is 4.79 Å². The normalized spacial score (nSPS) is 10.7. The molecule has 2 aromatic rings. The maximum absolute atomic E-state index is 10.4. The van der Waals surface area contributed by atoms with E-state index in [2.05, 4.69) is 10.4 Å². The van der Waals surface area contributed by atoms with E-state index in [1.54, 1.807) is 0 Å². The van der Waals surface area contributed by atoms with Crippen molar-refractivity contribution in [1.82, 2.24) is 15.1 Å². The second-order valence-corrected chi connectivity index (χ2v) is 5.36. The number of hydrogen-bond donors (Lipinski definition) is 2. The molecule has 118 valence electrons. The average molecular weight is 301 g/mol. The highest BCUT2D eigenvalue weighted by atomic mass is 16.4. The highest BCUT2D eigenvalue weighted by molar-refractivity contribution is 5.66. The lowest BCUT2D eigenvalue weighted by molar-refractivity contribution is -0.137. The molecule has 0 bridgehead atoms. The van der Waals surface area contributed by atoms with Gasteiger partial charge in [0, 0.05) is 24.7 Å². The molecule has 22 heavy (non-hydrogen) atoms. The van der Waals surface area contributed by atoms with Crippen LogP contribution in [-0.4, -0.2) is 27.4 Å². The van der Waals surface area contributed by atoms with Gasteiger partial charge in [0.25, 0.3) is 0 Å². The second kappa shape index (κ2) is 9.00. The van der Waals surface area contributed by atoms with Gasteiger partial charge in [-0.2, -0.15) is 5.10 Å². The number of benzene rings is 1. The minimum atomic E-state index is -0.700. The number of rotatable bonds is 10. The highest BCUT2D eigenvalue weighted by Gasteiger charge is 2.00. The topological polar surface area (TPSA) is 67.2 Å². The van der Waals surface area contributed by atoms with E-state index in [0.717, 1.165) is 50.0 Å². The molecule has 0 radical (unpaired) electrons. The minimum absolute atomic E-state index is 0.284. The molecule has 0 aliphatic rings. The van der Waals surface area contributed by atoms with Crippen molar-refractivity contribution in [2.75, 3.05) is 6.54 Å². The summed E-state index contributed by atoms with van der Waals surface area (Å²) in [4.78, 5) is 10.4. The number of nitrogens with one attached hydrogen (secondary N) is 1. The van der Waals surface area contributed by atoms with Crippen molar-refractivity contribution >= 4 is 5.97 Å². The summed E-state index contributed by atoms with van der Waals surface area (Å²) in [5.74, 6) is -0.700. The molecular weight excluding hydrogens is 278 g/mol. The summed E-state index contributed by atoms with van der Waals surface area (Å²) in [6.07, 6.45) is 8.11. The molecule has 1 aromatic carbocycles. The predicted octanol–water partition coefficient (Wildman–Crippen LogP) is 3.00. The number of nitrogens with zero attached hydrogens (tertiary/aromatic N) is 2. The van der Waals surface area contributed by atoms with E-state index >= 15 is 0 Å². The first-order valence-corrected chi connectivity index (χ1v) is 7.77. The molecule has 0 amide bonds. The number of para-hydroxylation sites is 1. The first kappa shape index (κ1) is 16.2. The number of unbranched alkanes of at least 4 members (excludes halogenated alkanes) is 3. The van der Waals surface area contributed by atoms with Gasteiger partial charge >= 0.3 is 5.97 Å². The van der Waals surface area contributed by atoms with Crippen molar-refractivity contribution in [2.24, 2.45) is 0 Å². The standard InChI is InChI=1S/C17H23N3O2/c21-17(22)10-6-1-2-7-11-18-12-15-13-19-20(14-15)16-8-4-3-5-9-16/h3-5,8-9,13-14,18H,1-2,6-7,10-12H2,(H,21,22). The Morgan fingerprint density at radius 1 is 1.14 bits per heavy atom. The fourth-order valence-electron chi connectivity index (χ4n) is 2.29. The van der Waals surface area contributed by atoms with Crippen LogP contribution in [0.2, 0.25) is 0 Å². The fourth-order valence-corrected chi connectivity index (χ4v) is 2.29. The molecule has 2 N–H and O–H groups in total. The molecule has 0 saturated carbocycles. The summed E-state index contributed by atoms with van der Waals surface area (Å²) in [7, 11) is 0. The van der Waals surface area contributed by atoms with Crippen molar-refractivity contribution in [3.8, 4) is 5.69 Å². The molecule has 1 aromatic heterocycles. The Hall–Kier alpha value is -2.14. The Balaban J connectivity index is 1.60. The maximum Gasteiger partial charge on any atom is 0.303 e. The predicted molar refractivity (Wildman–Crippen MR) is 86.0 cm³/mol. The second-order valence-electron chi connectivity index (χ2n) is 5.36. The van der Waals surface area contributed by atoms with Crippen LogP contribution >= 0.6 is 0 Å². The first-order valence-electron chi connectivity index (χ1n) is 7.77. The van der Waals surface area contributed by atoms with Crippen LogP contribution < -0.4 is 5.32 Å². The van der Waals surface area contributed by atoms with Crippen molar-refractivity contribution in [1.29, 1.82) is 0 Å². The number of carbonyl (C=O) groups is 1. The molecule has 0 unspecified atom stereocenters. The average Bonchev–Trinajstić information content (AvgIpc) is 2.99. The lowest BCUT2D eigenvalue weighted by Crippen LogP contribution is -2.14.